The second-order valence-electron chi connectivity index (χ2n) is 3.62. The smallest absolute Gasteiger partial charge is 0.186 e. The Hall–Kier alpha value is -0.280. The predicted molar refractivity (Wildman–Crippen MR) is 57.7 cm³/mol. The zero-order valence-electron chi connectivity index (χ0n) is 7.66. The van der Waals surface area contributed by atoms with Gasteiger partial charge in [-0.3, -0.25) is 0 Å². The lowest BCUT2D eigenvalue weighted by molar-refractivity contribution is 0.438. The molecule has 1 saturated heterocycles. The van der Waals surface area contributed by atoms with Gasteiger partial charge in [-0.25, -0.2) is 4.98 Å². The topological polar surface area (TPSA) is 16.1 Å². The summed E-state index contributed by atoms with van der Waals surface area (Å²) in [4.78, 5) is 6.60. The number of rotatable bonds is 1. The Morgan fingerprint density at radius 2 is 2.23 bits per heavy atom. The lowest BCUT2D eigenvalue weighted by Crippen LogP contribution is -2.32. The van der Waals surface area contributed by atoms with E-state index in [0.29, 0.717) is 5.15 Å². The summed E-state index contributed by atoms with van der Waals surface area (Å²) < 4.78 is 0. The minimum atomic E-state index is 0.624. The van der Waals surface area contributed by atoms with Crippen LogP contribution in [-0.2, 0) is 0 Å². The maximum absolute atomic E-state index is 5.78. The maximum Gasteiger partial charge on any atom is 0.186 e. The highest BCUT2D eigenvalue weighted by atomic mass is 35.5. The van der Waals surface area contributed by atoms with Gasteiger partial charge < -0.3 is 4.90 Å². The summed E-state index contributed by atoms with van der Waals surface area (Å²) in [5.41, 5.74) is 0. The van der Waals surface area contributed by atoms with Crippen LogP contribution in [0.15, 0.2) is 5.38 Å². The molecule has 13 heavy (non-hydrogen) atoms. The molecular formula is C9H13ClN2S. The van der Waals surface area contributed by atoms with Crippen molar-refractivity contribution in [3.63, 3.8) is 0 Å². The second-order valence-corrected chi connectivity index (χ2v) is 4.85. The Balaban J connectivity index is 2.02. The molecule has 4 heteroatoms. The van der Waals surface area contributed by atoms with Crippen LogP contribution in [0.5, 0.6) is 0 Å². The van der Waals surface area contributed by atoms with Crippen molar-refractivity contribution in [3.05, 3.63) is 10.5 Å². The Kier molecular flexibility index (Phi) is 2.74. The van der Waals surface area contributed by atoms with E-state index in [2.05, 4.69) is 16.8 Å². The fourth-order valence-corrected chi connectivity index (χ4v) is 2.59. The van der Waals surface area contributed by atoms with Crippen molar-refractivity contribution in [2.24, 2.45) is 5.92 Å². The summed E-state index contributed by atoms with van der Waals surface area (Å²) in [6, 6.07) is 0. The number of anilines is 1. The first-order valence-electron chi connectivity index (χ1n) is 4.61. The molecule has 2 nitrogen and oxygen atoms in total. The van der Waals surface area contributed by atoms with E-state index in [4.69, 9.17) is 11.6 Å². The minimum absolute atomic E-state index is 0.624. The summed E-state index contributed by atoms with van der Waals surface area (Å²) in [6.07, 6.45) is 2.55. The first kappa shape index (κ1) is 9.28. The van der Waals surface area contributed by atoms with E-state index in [1.807, 2.05) is 5.38 Å². The third-order valence-electron chi connectivity index (χ3n) is 2.52. The molecule has 0 bridgehead atoms. The molecule has 1 fully saturated rings. The van der Waals surface area contributed by atoms with Crippen LogP contribution in [0.3, 0.4) is 0 Å². The van der Waals surface area contributed by atoms with Crippen LogP contribution < -0.4 is 4.90 Å². The van der Waals surface area contributed by atoms with Crippen LogP contribution in [0.2, 0.25) is 5.15 Å². The summed E-state index contributed by atoms with van der Waals surface area (Å²) in [7, 11) is 0. The number of halogens is 1. The maximum atomic E-state index is 5.78. The van der Waals surface area contributed by atoms with Gasteiger partial charge in [-0.1, -0.05) is 18.5 Å². The molecule has 0 amide bonds. The third-order valence-corrected chi connectivity index (χ3v) is 3.74. The minimum Gasteiger partial charge on any atom is -0.348 e. The molecule has 0 unspecified atom stereocenters. The lowest BCUT2D eigenvalue weighted by atomic mass is 10.00. The van der Waals surface area contributed by atoms with E-state index in [1.54, 1.807) is 11.3 Å². The monoisotopic (exact) mass is 216 g/mol. The number of hydrogen-bond donors (Lipinski definition) is 0. The normalized spacial score (nSPS) is 19.4. The molecule has 0 aliphatic carbocycles. The zero-order chi connectivity index (χ0) is 9.26. The van der Waals surface area contributed by atoms with Gasteiger partial charge in [-0.15, -0.1) is 11.3 Å². The molecule has 2 heterocycles. The van der Waals surface area contributed by atoms with E-state index < -0.39 is 0 Å². The van der Waals surface area contributed by atoms with Gasteiger partial charge in [0.2, 0.25) is 0 Å². The SMILES string of the molecule is CC1CCN(c2nc(Cl)cs2)CC1. The predicted octanol–water partition coefficient (Wildman–Crippen LogP) is 3.03. The van der Waals surface area contributed by atoms with Gasteiger partial charge in [-0.05, 0) is 18.8 Å². The molecule has 72 valence electrons. The van der Waals surface area contributed by atoms with Gasteiger partial charge in [0.15, 0.2) is 5.13 Å². The quantitative estimate of drug-likeness (QED) is 0.718. The van der Waals surface area contributed by atoms with Crippen molar-refractivity contribution >= 4 is 28.1 Å². The average molecular weight is 217 g/mol. The van der Waals surface area contributed by atoms with Gasteiger partial charge in [0.1, 0.15) is 5.15 Å². The number of nitrogens with zero attached hydrogens (tertiary/aromatic N) is 2. The Morgan fingerprint density at radius 1 is 1.54 bits per heavy atom. The van der Waals surface area contributed by atoms with Crippen LogP contribution in [0.1, 0.15) is 19.8 Å². The third kappa shape index (κ3) is 2.15. The molecule has 1 aliphatic rings. The Bertz CT molecular complexity index is 279. The molecule has 1 aliphatic heterocycles. The highest BCUT2D eigenvalue weighted by Crippen LogP contribution is 2.27. The Labute approximate surface area is 87.5 Å². The second kappa shape index (κ2) is 3.84. The number of thiazole rings is 1. The van der Waals surface area contributed by atoms with Gasteiger partial charge in [0, 0.05) is 18.5 Å². The van der Waals surface area contributed by atoms with E-state index in [1.165, 1.54) is 12.8 Å². The van der Waals surface area contributed by atoms with Gasteiger partial charge in [0.05, 0.1) is 0 Å². The van der Waals surface area contributed by atoms with Crippen molar-refractivity contribution in [2.75, 3.05) is 18.0 Å². The number of piperidine rings is 1. The summed E-state index contributed by atoms with van der Waals surface area (Å²) in [5, 5.41) is 3.60. The van der Waals surface area contributed by atoms with E-state index in [-0.39, 0.29) is 0 Å². The van der Waals surface area contributed by atoms with Crippen LogP contribution >= 0.6 is 22.9 Å². The molecule has 2 rings (SSSR count). The number of aromatic nitrogens is 1. The lowest BCUT2D eigenvalue weighted by Gasteiger charge is -2.29. The van der Waals surface area contributed by atoms with Crippen LogP contribution in [0.4, 0.5) is 5.13 Å². The first-order chi connectivity index (χ1) is 6.25. The van der Waals surface area contributed by atoms with E-state index >= 15 is 0 Å². The van der Waals surface area contributed by atoms with Crippen molar-refractivity contribution in [2.45, 2.75) is 19.8 Å². The molecule has 0 atom stereocenters. The molecule has 0 radical (unpaired) electrons. The standard InChI is InChI=1S/C9H13ClN2S/c1-7-2-4-12(5-3-7)9-11-8(10)6-13-9/h6-7H,2-5H2,1H3. The van der Waals surface area contributed by atoms with Gasteiger partial charge in [0.25, 0.3) is 0 Å². The molecule has 0 N–H and O–H groups in total. The molecule has 1 aromatic heterocycles. The van der Waals surface area contributed by atoms with E-state index in [9.17, 15) is 0 Å². The van der Waals surface area contributed by atoms with Gasteiger partial charge >= 0.3 is 0 Å². The highest BCUT2D eigenvalue weighted by molar-refractivity contribution is 7.14. The van der Waals surface area contributed by atoms with Crippen molar-refractivity contribution in [1.29, 1.82) is 0 Å². The van der Waals surface area contributed by atoms with Crippen molar-refractivity contribution in [3.8, 4) is 0 Å². The molecule has 1 aromatic rings. The Morgan fingerprint density at radius 3 is 2.77 bits per heavy atom. The van der Waals surface area contributed by atoms with Crippen LogP contribution in [-0.4, -0.2) is 18.1 Å². The summed E-state index contributed by atoms with van der Waals surface area (Å²) in [6.45, 7) is 4.57. The van der Waals surface area contributed by atoms with Crippen LogP contribution in [0.25, 0.3) is 0 Å². The average Bonchev–Trinajstić information content (AvgIpc) is 2.53. The molecule has 0 saturated carbocycles. The molecule has 0 spiro atoms. The van der Waals surface area contributed by atoms with Crippen molar-refractivity contribution < 1.29 is 0 Å². The summed E-state index contributed by atoms with van der Waals surface area (Å²) >= 11 is 7.42. The highest BCUT2D eigenvalue weighted by Gasteiger charge is 2.17. The summed E-state index contributed by atoms with van der Waals surface area (Å²) in [5.74, 6) is 0.867. The number of hydrogen-bond acceptors (Lipinski definition) is 3. The molecule has 0 aromatic carbocycles. The van der Waals surface area contributed by atoms with Gasteiger partial charge in [-0.2, -0.15) is 0 Å². The van der Waals surface area contributed by atoms with Crippen LogP contribution in [0, 0.1) is 5.92 Å². The van der Waals surface area contributed by atoms with Crippen molar-refractivity contribution in [1.82, 2.24) is 4.98 Å². The first-order valence-corrected chi connectivity index (χ1v) is 5.87. The van der Waals surface area contributed by atoms with E-state index in [0.717, 1.165) is 24.1 Å². The molecular weight excluding hydrogens is 204 g/mol. The largest absolute Gasteiger partial charge is 0.348 e. The fourth-order valence-electron chi connectivity index (χ4n) is 1.59. The zero-order valence-corrected chi connectivity index (χ0v) is 9.24. The fraction of sp³-hybridized carbons (Fsp3) is 0.667.